The van der Waals surface area contributed by atoms with Gasteiger partial charge in [-0.3, -0.25) is 0 Å². The minimum absolute atomic E-state index is 0.121. The van der Waals surface area contributed by atoms with E-state index in [0.29, 0.717) is 17.4 Å². The zero-order valence-electron chi connectivity index (χ0n) is 14.3. The van der Waals surface area contributed by atoms with Crippen LogP contribution in [-0.4, -0.2) is 48.3 Å². The summed E-state index contributed by atoms with van der Waals surface area (Å²) < 4.78 is 0. The number of piperidine rings is 1. The Morgan fingerprint density at radius 1 is 1.25 bits per heavy atom. The fourth-order valence-electron chi connectivity index (χ4n) is 3.12. The third-order valence-electron chi connectivity index (χ3n) is 4.15. The van der Waals surface area contributed by atoms with Crippen LogP contribution in [0.2, 0.25) is 0 Å². The van der Waals surface area contributed by atoms with Crippen molar-refractivity contribution in [3.63, 3.8) is 0 Å². The van der Waals surface area contributed by atoms with Crippen LogP contribution < -0.4 is 5.32 Å². The second-order valence-electron chi connectivity index (χ2n) is 7.80. The number of nitrogens with zero attached hydrogens (tertiary/aromatic N) is 1. The van der Waals surface area contributed by atoms with E-state index in [9.17, 15) is 5.11 Å². The third-order valence-corrected chi connectivity index (χ3v) is 4.15. The minimum Gasteiger partial charge on any atom is -0.393 e. The molecule has 1 aliphatic rings. The van der Waals surface area contributed by atoms with Gasteiger partial charge in [0.25, 0.3) is 0 Å². The molecule has 3 unspecified atom stereocenters. The normalized spacial score (nSPS) is 26.7. The van der Waals surface area contributed by atoms with Crippen molar-refractivity contribution in [1.29, 1.82) is 0 Å². The first-order chi connectivity index (χ1) is 9.34. The van der Waals surface area contributed by atoms with Crippen LogP contribution in [0.15, 0.2) is 0 Å². The molecule has 0 spiro atoms. The molecule has 0 saturated carbocycles. The molecule has 3 nitrogen and oxygen atoms in total. The van der Waals surface area contributed by atoms with Gasteiger partial charge in [0.2, 0.25) is 0 Å². The van der Waals surface area contributed by atoms with Gasteiger partial charge in [0.1, 0.15) is 0 Å². The Balaban J connectivity index is 2.51. The Labute approximate surface area is 126 Å². The zero-order valence-corrected chi connectivity index (χ0v) is 14.3. The molecule has 1 heterocycles. The van der Waals surface area contributed by atoms with E-state index < -0.39 is 0 Å². The zero-order chi connectivity index (χ0) is 15.2. The Morgan fingerprint density at radius 2 is 1.95 bits per heavy atom. The van der Waals surface area contributed by atoms with Crippen molar-refractivity contribution in [2.24, 2.45) is 11.3 Å². The molecule has 0 aromatic rings. The SMILES string of the molecule is CCCN1CC(CC(O)CC)CC(NCC(C)(C)C)C1. The van der Waals surface area contributed by atoms with E-state index in [1.807, 2.05) is 0 Å². The Bertz CT molecular complexity index is 262. The highest BCUT2D eigenvalue weighted by Crippen LogP contribution is 2.23. The maximum absolute atomic E-state index is 9.93. The summed E-state index contributed by atoms with van der Waals surface area (Å²) in [6.45, 7) is 15.8. The fourth-order valence-corrected chi connectivity index (χ4v) is 3.12. The number of rotatable bonds is 7. The molecule has 1 aliphatic heterocycles. The van der Waals surface area contributed by atoms with E-state index in [1.54, 1.807) is 0 Å². The summed E-state index contributed by atoms with van der Waals surface area (Å²) >= 11 is 0. The lowest BCUT2D eigenvalue weighted by Crippen LogP contribution is -2.51. The van der Waals surface area contributed by atoms with Gasteiger partial charge in [-0.15, -0.1) is 0 Å². The van der Waals surface area contributed by atoms with E-state index in [-0.39, 0.29) is 6.10 Å². The fraction of sp³-hybridized carbons (Fsp3) is 1.00. The van der Waals surface area contributed by atoms with Crippen molar-refractivity contribution >= 4 is 0 Å². The van der Waals surface area contributed by atoms with Crippen molar-refractivity contribution in [3.05, 3.63) is 0 Å². The Morgan fingerprint density at radius 3 is 2.50 bits per heavy atom. The highest BCUT2D eigenvalue weighted by Gasteiger charge is 2.28. The number of likely N-dealkylation sites (tertiary alicyclic amines) is 1. The van der Waals surface area contributed by atoms with Crippen LogP contribution in [-0.2, 0) is 0 Å². The van der Waals surface area contributed by atoms with Crippen LogP contribution in [0.1, 0.15) is 60.3 Å². The van der Waals surface area contributed by atoms with Crippen LogP contribution in [0.25, 0.3) is 0 Å². The molecule has 1 fully saturated rings. The van der Waals surface area contributed by atoms with Crippen molar-refractivity contribution in [1.82, 2.24) is 10.2 Å². The van der Waals surface area contributed by atoms with Crippen molar-refractivity contribution in [2.75, 3.05) is 26.2 Å². The summed E-state index contributed by atoms with van der Waals surface area (Å²) in [6, 6.07) is 0.587. The van der Waals surface area contributed by atoms with Gasteiger partial charge in [-0.05, 0) is 43.6 Å². The summed E-state index contributed by atoms with van der Waals surface area (Å²) in [5.41, 5.74) is 0.339. The van der Waals surface area contributed by atoms with Crippen LogP contribution >= 0.6 is 0 Å². The van der Waals surface area contributed by atoms with E-state index in [0.717, 1.165) is 19.4 Å². The van der Waals surface area contributed by atoms with Gasteiger partial charge >= 0.3 is 0 Å². The second kappa shape index (κ2) is 8.35. The number of aliphatic hydroxyl groups excluding tert-OH is 1. The summed E-state index contributed by atoms with van der Waals surface area (Å²) in [5.74, 6) is 0.641. The van der Waals surface area contributed by atoms with Crippen LogP contribution in [0, 0.1) is 11.3 Å². The lowest BCUT2D eigenvalue weighted by atomic mass is 9.88. The molecule has 20 heavy (non-hydrogen) atoms. The highest BCUT2D eigenvalue weighted by molar-refractivity contribution is 4.85. The van der Waals surface area contributed by atoms with Crippen LogP contribution in [0.3, 0.4) is 0 Å². The molecule has 0 bridgehead atoms. The average molecular weight is 284 g/mol. The molecule has 120 valence electrons. The molecular formula is C17H36N2O. The van der Waals surface area contributed by atoms with Crippen molar-refractivity contribution in [2.45, 2.75) is 72.4 Å². The highest BCUT2D eigenvalue weighted by atomic mass is 16.3. The number of hydrogen-bond acceptors (Lipinski definition) is 3. The third kappa shape index (κ3) is 7.05. The predicted molar refractivity (Wildman–Crippen MR) is 87.0 cm³/mol. The van der Waals surface area contributed by atoms with E-state index in [4.69, 9.17) is 0 Å². The van der Waals surface area contributed by atoms with Gasteiger partial charge in [0.05, 0.1) is 6.10 Å². The molecule has 1 rings (SSSR count). The molecule has 0 radical (unpaired) electrons. The van der Waals surface area contributed by atoms with E-state index in [2.05, 4.69) is 44.8 Å². The van der Waals surface area contributed by atoms with Gasteiger partial charge in [-0.25, -0.2) is 0 Å². The lowest BCUT2D eigenvalue weighted by molar-refractivity contribution is 0.0818. The monoisotopic (exact) mass is 284 g/mol. The maximum atomic E-state index is 9.93. The topological polar surface area (TPSA) is 35.5 Å². The second-order valence-corrected chi connectivity index (χ2v) is 7.80. The van der Waals surface area contributed by atoms with Crippen LogP contribution in [0.4, 0.5) is 0 Å². The van der Waals surface area contributed by atoms with Gasteiger partial charge in [0.15, 0.2) is 0 Å². The van der Waals surface area contributed by atoms with Crippen LogP contribution in [0.5, 0.6) is 0 Å². The summed E-state index contributed by atoms with van der Waals surface area (Å²) in [7, 11) is 0. The molecule has 0 aliphatic carbocycles. The number of hydrogen-bond donors (Lipinski definition) is 2. The Hall–Kier alpha value is -0.120. The van der Waals surface area contributed by atoms with Crippen molar-refractivity contribution in [3.8, 4) is 0 Å². The smallest absolute Gasteiger partial charge is 0.0540 e. The van der Waals surface area contributed by atoms with Gasteiger partial charge in [-0.1, -0.05) is 34.6 Å². The first-order valence-corrected chi connectivity index (χ1v) is 8.47. The molecule has 3 atom stereocenters. The number of nitrogens with one attached hydrogen (secondary N) is 1. The summed E-state index contributed by atoms with van der Waals surface area (Å²) in [5, 5.41) is 13.7. The van der Waals surface area contributed by atoms with Gasteiger partial charge < -0.3 is 15.3 Å². The van der Waals surface area contributed by atoms with Crippen molar-refractivity contribution < 1.29 is 5.11 Å². The standard InChI is InChI=1S/C17H36N2O/c1-6-8-19-11-14(10-16(20)7-2)9-15(12-19)18-13-17(3,4)5/h14-16,18,20H,6-13H2,1-5H3. The number of aliphatic hydroxyl groups is 1. The van der Waals surface area contributed by atoms with E-state index >= 15 is 0 Å². The quantitative estimate of drug-likeness (QED) is 0.754. The molecule has 0 aromatic carbocycles. The maximum Gasteiger partial charge on any atom is 0.0540 e. The molecule has 0 amide bonds. The predicted octanol–water partition coefficient (Wildman–Crippen LogP) is 2.88. The largest absolute Gasteiger partial charge is 0.393 e. The Kier molecular flexibility index (Phi) is 7.49. The molecule has 3 heteroatoms. The average Bonchev–Trinajstić information content (AvgIpc) is 2.35. The molecular weight excluding hydrogens is 248 g/mol. The molecule has 2 N–H and O–H groups in total. The summed E-state index contributed by atoms with van der Waals surface area (Å²) in [4.78, 5) is 2.58. The summed E-state index contributed by atoms with van der Waals surface area (Å²) in [6.07, 6.45) is 4.15. The lowest BCUT2D eigenvalue weighted by Gasteiger charge is -2.39. The van der Waals surface area contributed by atoms with Gasteiger partial charge in [-0.2, -0.15) is 0 Å². The van der Waals surface area contributed by atoms with E-state index in [1.165, 1.54) is 32.5 Å². The van der Waals surface area contributed by atoms with Gasteiger partial charge in [0, 0.05) is 25.7 Å². The molecule has 0 aromatic heterocycles. The first-order valence-electron chi connectivity index (χ1n) is 8.47. The first kappa shape index (κ1) is 17.9. The minimum atomic E-state index is -0.121. The molecule has 1 saturated heterocycles.